The molecule has 0 bridgehead atoms. The molecule has 0 aliphatic carbocycles. The summed E-state index contributed by atoms with van der Waals surface area (Å²) in [7, 11) is 0. The van der Waals surface area contributed by atoms with Crippen molar-refractivity contribution in [3.63, 3.8) is 0 Å². The molecule has 1 aliphatic heterocycles. The Morgan fingerprint density at radius 2 is 1.89 bits per heavy atom. The first kappa shape index (κ1) is 13.9. The number of para-hydroxylation sites is 1. The molecule has 1 N–H and O–H groups in total. The average Bonchev–Trinajstić information content (AvgIpc) is 2.45. The van der Waals surface area contributed by atoms with Crippen molar-refractivity contribution in [1.82, 2.24) is 10.2 Å². The Balaban J connectivity index is 1.89. The number of nitrogens with one attached hydrogen (secondary N) is 1. The Hall–Kier alpha value is -1.55. The number of carbonyl (C=O) groups is 1. The Bertz CT molecular complexity index is 425. The molecule has 2 rings (SSSR count). The Morgan fingerprint density at radius 1 is 1.21 bits per heavy atom. The second-order valence-electron chi connectivity index (χ2n) is 4.93. The van der Waals surface area contributed by atoms with Crippen LogP contribution >= 0.6 is 0 Å². The van der Waals surface area contributed by atoms with E-state index in [2.05, 4.69) is 41.4 Å². The summed E-state index contributed by atoms with van der Waals surface area (Å²) in [5.41, 5.74) is 2.59. The number of hydrogen-bond donors (Lipinski definition) is 1. The lowest BCUT2D eigenvalue weighted by Gasteiger charge is -2.36. The van der Waals surface area contributed by atoms with E-state index in [-0.39, 0.29) is 5.91 Å². The summed E-state index contributed by atoms with van der Waals surface area (Å²) in [4.78, 5) is 16.2. The minimum absolute atomic E-state index is 0.214. The highest BCUT2D eigenvalue weighted by Gasteiger charge is 2.21. The van der Waals surface area contributed by atoms with Gasteiger partial charge in [-0.15, -0.1) is 0 Å². The van der Waals surface area contributed by atoms with E-state index >= 15 is 0 Å². The first-order valence-electron chi connectivity index (χ1n) is 7.01. The van der Waals surface area contributed by atoms with E-state index in [0.717, 1.165) is 32.7 Å². The molecule has 0 radical (unpaired) electrons. The molecule has 1 fully saturated rings. The molecule has 0 aromatic heterocycles. The highest BCUT2D eigenvalue weighted by molar-refractivity contribution is 5.78. The van der Waals surface area contributed by atoms with E-state index in [4.69, 9.17) is 0 Å². The molecular formula is C15H23N3O. The largest absolute Gasteiger partial charge is 0.368 e. The second-order valence-corrected chi connectivity index (χ2v) is 4.93. The lowest BCUT2D eigenvalue weighted by molar-refractivity contribution is -0.130. The van der Waals surface area contributed by atoms with Crippen LogP contribution in [0.25, 0.3) is 0 Å². The van der Waals surface area contributed by atoms with Gasteiger partial charge in [0, 0.05) is 31.9 Å². The third-order valence-corrected chi connectivity index (χ3v) is 3.61. The van der Waals surface area contributed by atoms with Gasteiger partial charge in [0.1, 0.15) is 0 Å². The monoisotopic (exact) mass is 261 g/mol. The van der Waals surface area contributed by atoms with Crippen LogP contribution in [0.1, 0.15) is 12.5 Å². The van der Waals surface area contributed by atoms with Crippen molar-refractivity contribution in [3.05, 3.63) is 29.8 Å². The number of amides is 1. The normalized spacial score (nSPS) is 15.7. The molecule has 1 aromatic rings. The van der Waals surface area contributed by atoms with Crippen molar-refractivity contribution in [2.24, 2.45) is 0 Å². The number of piperazine rings is 1. The molecule has 0 unspecified atom stereocenters. The smallest absolute Gasteiger partial charge is 0.236 e. The van der Waals surface area contributed by atoms with Gasteiger partial charge in [-0.2, -0.15) is 0 Å². The van der Waals surface area contributed by atoms with Gasteiger partial charge in [-0.1, -0.05) is 25.1 Å². The predicted octanol–water partition coefficient (Wildman–Crippen LogP) is 1.25. The van der Waals surface area contributed by atoms with Gasteiger partial charge in [0.15, 0.2) is 0 Å². The highest BCUT2D eigenvalue weighted by atomic mass is 16.2. The number of rotatable bonds is 4. The molecule has 0 atom stereocenters. The Labute approximate surface area is 115 Å². The van der Waals surface area contributed by atoms with Crippen LogP contribution in [-0.4, -0.2) is 50.1 Å². The number of benzene rings is 1. The van der Waals surface area contributed by atoms with Crippen LogP contribution in [-0.2, 0) is 4.79 Å². The SMILES string of the molecule is CCNCC(=O)N1CCN(c2ccccc2C)CC1. The molecular weight excluding hydrogens is 238 g/mol. The molecule has 0 spiro atoms. The van der Waals surface area contributed by atoms with E-state index in [1.807, 2.05) is 11.8 Å². The summed E-state index contributed by atoms with van der Waals surface area (Å²) in [5.74, 6) is 0.214. The number of aryl methyl sites for hydroxylation is 1. The standard InChI is InChI=1S/C15H23N3O/c1-3-16-12-15(19)18-10-8-17(9-11-18)14-7-5-4-6-13(14)2/h4-7,16H,3,8-12H2,1-2H3. The van der Waals surface area contributed by atoms with E-state index in [0.29, 0.717) is 6.54 Å². The van der Waals surface area contributed by atoms with Crippen LogP contribution in [0, 0.1) is 6.92 Å². The van der Waals surface area contributed by atoms with Gasteiger partial charge < -0.3 is 15.1 Å². The lowest BCUT2D eigenvalue weighted by atomic mass is 10.1. The van der Waals surface area contributed by atoms with Gasteiger partial charge in [0.2, 0.25) is 5.91 Å². The number of carbonyl (C=O) groups excluding carboxylic acids is 1. The van der Waals surface area contributed by atoms with Crippen molar-refractivity contribution < 1.29 is 4.79 Å². The maximum absolute atomic E-state index is 11.9. The number of hydrogen-bond acceptors (Lipinski definition) is 3. The zero-order valence-corrected chi connectivity index (χ0v) is 11.9. The van der Waals surface area contributed by atoms with Crippen LogP contribution in [0.3, 0.4) is 0 Å². The molecule has 1 heterocycles. The summed E-state index contributed by atoms with van der Waals surface area (Å²) in [6.45, 7) is 8.93. The predicted molar refractivity (Wildman–Crippen MR) is 78.5 cm³/mol. The molecule has 19 heavy (non-hydrogen) atoms. The maximum Gasteiger partial charge on any atom is 0.236 e. The van der Waals surface area contributed by atoms with Crippen molar-refractivity contribution in [3.8, 4) is 0 Å². The van der Waals surface area contributed by atoms with E-state index in [9.17, 15) is 4.79 Å². The summed E-state index contributed by atoms with van der Waals surface area (Å²) in [6, 6.07) is 8.43. The summed E-state index contributed by atoms with van der Waals surface area (Å²) in [6.07, 6.45) is 0. The van der Waals surface area contributed by atoms with E-state index in [1.54, 1.807) is 0 Å². The van der Waals surface area contributed by atoms with Crippen LogP contribution in [0.5, 0.6) is 0 Å². The molecule has 4 heteroatoms. The maximum atomic E-state index is 11.9. The van der Waals surface area contributed by atoms with Gasteiger partial charge in [-0.3, -0.25) is 4.79 Å². The van der Waals surface area contributed by atoms with Gasteiger partial charge in [0.05, 0.1) is 6.54 Å². The number of anilines is 1. The average molecular weight is 261 g/mol. The number of nitrogens with zero attached hydrogens (tertiary/aromatic N) is 2. The van der Waals surface area contributed by atoms with Crippen LogP contribution in [0.4, 0.5) is 5.69 Å². The van der Waals surface area contributed by atoms with Crippen molar-refractivity contribution in [1.29, 1.82) is 0 Å². The quantitative estimate of drug-likeness (QED) is 0.886. The summed E-state index contributed by atoms with van der Waals surface area (Å²) >= 11 is 0. The Morgan fingerprint density at radius 3 is 2.53 bits per heavy atom. The molecule has 1 amide bonds. The van der Waals surface area contributed by atoms with Crippen molar-refractivity contribution in [2.75, 3.05) is 44.2 Å². The highest BCUT2D eigenvalue weighted by Crippen LogP contribution is 2.20. The fourth-order valence-electron chi connectivity index (χ4n) is 2.46. The molecule has 4 nitrogen and oxygen atoms in total. The third-order valence-electron chi connectivity index (χ3n) is 3.61. The minimum atomic E-state index is 0.214. The fraction of sp³-hybridized carbons (Fsp3) is 0.533. The zero-order valence-electron chi connectivity index (χ0n) is 11.9. The first-order chi connectivity index (χ1) is 9.22. The van der Waals surface area contributed by atoms with Crippen LogP contribution in [0.15, 0.2) is 24.3 Å². The second kappa shape index (κ2) is 6.57. The zero-order chi connectivity index (χ0) is 13.7. The van der Waals surface area contributed by atoms with Gasteiger partial charge in [-0.05, 0) is 25.1 Å². The van der Waals surface area contributed by atoms with Gasteiger partial charge >= 0.3 is 0 Å². The topological polar surface area (TPSA) is 35.6 Å². The molecule has 1 aliphatic rings. The van der Waals surface area contributed by atoms with Gasteiger partial charge in [-0.25, -0.2) is 0 Å². The molecule has 0 saturated carbocycles. The number of likely N-dealkylation sites (N-methyl/N-ethyl adjacent to an activating group) is 1. The summed E-state index contributed by atoms with van der Waals surface area (Å²) in [5, 5.41) is 3.09. The molecule has 104 valence electrons. The molecule has 1 aromatic carbocycles. The lowest BCUT2D eigenvalue weighted by Crippen LogP contribution is -2.51. The fourth-order valence-corrected chi connectivity index (χ4v) is 2.46. The van der Waals surface area contributed by atoms with Crippen LogP contribution in [0.2, 0.25) is 0 Å². The van der Waals surface area contributed by atoms with Gasteiger partial charge in [0.25, 0.3) is 0 Å². The van der Waals surface area contributed by atoms with Crippen molar-refractivity contribution in [2.45, 2.75) is 13.8 Å². The van der Waals surface area contributed by atoms with E-state index in [1.165, 1.54) is 11.3 Å². The van der Waals surface area contributed by atoms with E-state index < -0.39 is 0 Å². The Kier molecular flexibility index (Phi) is 4.80. The minimum Gasteiger partial charge on any atom is -0.368 e. The third kappa shape index (κ3) is 3.47. The van der Waals surface area contributed by atoms with Crippen LogP contribution < -0.4 is 10.2 Å². The first-order valence-corrected chi connectivity index (χ1v) is 7.01. The summed E-state index contributed by atoms with van der Waals surface area (Å²) < 4.78 is 0. The van der Waals surface area contributed by atoms with Crippen molar-refractivity contribution >= 4 is 11.6 Å². The molecule has 1 saturated heterocycles.